The average Bonchev–Trinajstić information content (AvgIpc) is 2.80. The van der Waals surface area contributed by atoms with Crippen LogP contribution >= 0.6 is 0 Å². The lowest BCUT2D eigenvalue weighted by molar-refractivity contribution is 0.0746. The molecule has 1 N–H and O–H groups in total. The Labute approximate surface area is 174 Å². The predicted octanol–water partition coefficient (Wildman–Crippen LogP) is 4.04. The Morgan fingerprint density at radius 1 is 0.767 bits per heavy atom. The molecule has 152 valence electrons. The summed E-state index contributed by atoms with van der Waals surface area (Å²) in [4.78, 5) is 29.0. The van der Waals surface area contributed by atoms with E-state index in [1.54, 1.807) is 65.6 Å². The van der Waals surface area contributed by atoms with Crippen molar-refractivity contribution in [3.05, 3.63) is 95.8 Å². The largest absolute Gasteiger partial charge is 0.366 e. The first kappa shape index (κ1) is 19.6. The van der Waals surface area contributed by atoms with E-state index < -0.39 is 0 Å². The van der Waals surface area contributed by atoms with Crippen molar-refractivity contribution in [1.82, 2.24) is 4.90 Å². The number of nitrogens with zero attached hydrogens (tertiary/aromatic N) is 2. The zero-order chi connectivity index (χ0) is 20.9. The maximum absolute atomic E-state index is 14.0. The van der Waals surface area contributed by atoms with E-state index in [1.165, 1.54) is 6.07 Å². The number of piperazine rings is 1. The maximum atomic E-state index is 14.0. The first-order chi connectivity index (χ1) is 14.6. The molecule has 0 radical (unpaired) electrons. The van der Waals surface area contributed by atoms with Gasteiger partial charge in [-0.1, -0.05) is 36.4 Å². The highest BCUT2D eigenvalue weighted by atomic mass is 19.1. The monoisotopic (exact) mass is 403 g/mol. The molecule has 6 heteroatoms. The molecule has 3 aromatic carbocycles. The van der Waals surface area contributed by atoms with Crippen LogP contribution in [0.5, 0.6) is 0 Å². The molecule has 0 bridgehead atoms. The zero-order valence-corrected chi connectivity index (χ0v) is 16.4. The molecule has 1 aliphatic heterocycles. The molecule has 30 heavy (non-hydrogen) atoms. The normalized spacial score (nSPS) is 13.8. The third kappa shape index (κ3) is 4.33. The van der Waals surface area contributed by atoms with Crippen LogP contribution < -0.4 is 10.2 Å². The summed E-state index contributed by atoms with van der Waals surface area (Å²) >= 11 is 0. The minimum Gasteiger partial charge on any atom is -0.366 e. The topological polar surface area (TPSA) is 52.7 Å². The number of benzene rings is 3. The quantitative estimate of drug-likeness (QED) is 0.715. The Hall–Kier alpha value is -3.67. The van der Waals surface area contributed by atoms with E-state index in [0.717, 1.165) is 0 Å². The van der Waals surface area contributed by atoms with Gasteiger partial charge in [0.15, 0.2) is 0 Å². The third-order valence-electron chi connectivity index (χ3n) is 5.16. The smallest absolute Gasteiger partial charge is 0.255 e. The van der Waals surface area contributed by atoms with Gasteiger partial charge in [-0.15, -0.1) is 0 Å². The minimum atomic E-state index is -0.251. The van der Waals surface area contributed by atoms with Gasteiger partial charge in [-0.05, 0) is 42.5 Å². The number of carbonyl (C=O) groups is 2. The number of rotatable bonds is 4. The van der Waals surface area contributed by atoms with Gasteiger partial charge >= 0.3 is 0 Å². The Morgan fingerprint density at radius 2 is 1.43 bits per heavy atom. The van der Waals surface area contributed by atoms with Crippen LogP contribution in [0.1, 0.15) is 20.7 Å². The van der Waals surface area contributed by atoms with Crippen LogP contribution in [0.4, 0.5) is 15.8 Å². The minimum absolute atomic E-state index is 0.0982. The number of para-hydroxylation sites is 1. The molecule has 0 aromatic heterocycles. The SMILES string of the molecule is O=C(Nc1cccc(C(=O)N2CCN(c3ccccc3F)CC2)c1)c1ccccc1. The van der Waals surface area contributed by atoms with Gasteiger partial charge in [0.05, 0.1) is 5.69 Å². The molecule has 0 aliphatic carbocycles. The van der Waals surface area contributed by atoms with Gasteiger partial charge in [-0.25, -0.2) is 4.39 Å². The van der Waals surface area contributed by atoms with Gasteiger partial charge in [0, 0.05) is 43.0 Å². The van der Waals surface area contributed by atoms with E-state index in [1.807, 2.05) is 17.0 Å². The molecule has 2 amide bonds. The fraction of sp³-hybridized carbons (Fsp3) is 0.167. The molecule has 5 nitrogen and oxygen atoms in total. The number of hydrogen-bond acceptors (Lipinski definition) is 3. The molecule has 1 saturated heterocycles. The van der Waals surface area contributed by atoms with Crippen LogP contribution in [0, 0.1) is 5.82 Å². The van der Waals surface area contributed by atoms with E-state index in [2.05, 4.69) is 5.32 Å². The van der Waals surface area contributed by atoms with Crippen molar-refractivity contribution in [2.75, 3.05) is 36.4 Å². The summed E-state index contributed by atoms with van der Waals surface area (Å²) in [5, 5.41) is 2.83. The summed E-state index contributed by atoms with van der Waals surface area (Å²) in [6, 6.07) is 22.5. The summed E-state index contributed by atoms with van der Waals surface area (Å²) in [6.07, 6.45) is 0. The van der Waals surface area contributed by atoms with E-state index in [-0.39, 0.29) is 17.6 Å². The van der Waals surface area contributed by atoms with Gasteiger partial charge in [-0.3, -0.25) is 9.59 Å². The van der Waals surface area contributed by atoms with Crippen molar-refractivity contribution in [2.24, 2.45) is 0 Å². The number of hydrogen-bond donors (Lipinski definition) is 1. The number of nitrogens with one attached hydrogen (secondary N) is 1. The molecule has 1 fully saturated rings. The van der Waals surface area contributed by atoms with Gasteiger partial charge in [0.2, 0.25) is 0 Å². The van der Waals surface area contributed by atoms with E-state index in [0.29, 0.717) is 48.7 Å². The second-order valence-electron chi connectivity index (χ2n) is 7.13. The molecular formula is C24H22FN3O2. The number of amides is 2. The number of carbonyl (C=O) groups excluding carboxylic acids is 2. The van der Waals surface area contributed by atoms with Crippen LogP contribution in [0.25, 0.3) is 0 Å². The summed E-state index contributed by atoms with van der Waals surface area (Å²) < 4.78 is 14.0. The Kier molecular flexibility index (Phi) is 5.75. The average molecular weight is 403 g/mol. The molecule has 0 unspecified atom stereocenters. The Bertz CT molecular complexity index is 1050. The second kappa shape index (κ2) is 8.78. The standard InChI is InChI=1S/C24H22FN3O2/c25-21-11-4-5-12-22(21)27-13-15-28(16-14-27)24(30)19-9-6-10-20(17-19)26-23(29)18-7-2-1-3-8-18/h1-12,17H,13-16H2,(H,26,29). The number of anilines is 2. The van der Waals surface area contributed by atoms with Crippen LogP contribution in [-0.4, -0.2) is 42.9 Å². The first-order valence-corrected chi connectivity index (χ1v) is 9.87. The molecule has 1 heterocycles. The summed E-state index contributed by atoms with van der Waals surface area (Å²) in [5.74, 6) is -0.572. The lowest BCUT2D eigenvalue weighted by atomic mass is 10.1. The van der Waals surface area contributed by atoms with Gasteiger partial charge in [0.1, 0.15) is 5.82 Å². The predicted molar refractivity (Wildman–Crippen MR) is 115 cm³/mol. The van der Waals surface area contributed by atoms with Crippen LogP contribution in [-0.2, 0) is 0 Å². The van der Waals surface area contributed by atoms with Crippen molar-refractivity contribution >= 4 is 23.2 Å². The fourth-order valence-electron chi connectivity index (χ4n) is 3.56. The van der Waals surface area contributed by atoms with Crippen molar-refractivity contribution in [3.63, 3.8) is 0 Å². The highest BCUT2D eigenvalue weighted by Crippen LogP contribution is 2.21. The second-order valence-corrected chi connectivity index (χ2v) is 7.13. The first-order valence-electron chi connectivity index (χ1n) is 9.87. The number of halogens is 1. The van der Waals surface area contributed by atoms with E-state index >= 15 is 0 Å². The van der Waals surface area contributed by atoms with Crippen LogP contribution in [0.15, 0.2) is 78.9 Å². The van der Waals surface area contributed by atoms with Crippen LogP contribution in [0.3, 0.4) is 0 Å². The highest BCUT2D eigenvalue weighted by molar-refractivity contribution is 6.05. The summed E-state index contributed by atoms with van der Waals surface area (Å²) in [5.41, 5.74) is 2.20. The Morgan fingerprint density at radius 3 is 2.17 bits per heavy atom. The molecule has 4 rings (SSSR count). The molecule has 0 spiro atoms. The molecule has 0 saturated carbocycles. The third-order valence-corrected chi connectivity index (χ3v) is 5.16. The van der Waals surface area contributed by atoms with Gasteiger partial charge in [0.25, 0.3) is 11.8 Å². The maximum Gasteiger partial charge on any atom is 0.255 e. The van der Waals surface area contributed by atoms with Crippen molar-refractivity contribution in [1.29, 1.82) is 0 Å². The molecule has 0 atom stereocenters. The van der Waals surface area contributed by atoms with Crippen LogP contribution in [0.2, 0.25) is 0 Å². The summed E-state index contributed by atoms with van der Waals surface area (Å²) in [6.45, 7) is 2.15. The van der Waals surface area contributed by atoms with Crippen molar-refractivity contribution in [3.8, 4) is 0 Å². The highest BCUT2D eigenvalue weighted by Gasteiger charge is 2.23. The van der Waals surface area contributed by atoms with E-state index in [9.17, 15) is 14.0 Å². The molecular weight excluding hydrogens is 381 g/mol. The van der Waals surface area contributed by atoms with Crippen molar-refractivity contribution < 1.29 is 14.0 Å². The lowest BCUT2D eigenvalue weighted by Gasteiger charge is -2.36. The summed E-state index contributed by atoms with van der Waals surface area (Å²) in [7, 11) is 0. The van der Waals surface area contributed by atoms with Gasteiger partial charge in [-0.2, -0.15) is 0 Å². The van der Waals surface area contributed by atoms with Gasteiger partial charge < -0.3 is 15.1 Å². The van der Waals surface area contributed by atoms with Crippen molar-refractivity contribution in [2.45, 2.75) is 0 Å². The Balaban J connectivity index is 1.40. The molecule has 3 aromatic rings. The lowest BCUT2D eigenvalue weighted by Crippen LogP contribution is -2.49. The van der Waals surface area contributed by atoms with E-state index in [4.69, 9.17) is 0 Å². The zero-order valence-electron chi connectivity index (χ0n) is 16.4. The fourth-order valence-corrected chi connectivity index (χ4v) is 3.56. The molecule has 1 aliphatic rings.